The first-order valence-electron chi connectivity index (χ1n) is 10.1. The lowest BCUT2D eigenvalue weighted by molar-refractivity contribution is -0.306. The topological polar surface area (TPSA) is 43.4 Å². The first-order chi connectivity index (χ1) is 11.2. The molecule has 0 amide bonds. The fourth-order valence-corrected chi connectivity index (χ4v) is 3.04. The lowest BCUT2D eigenvalue weighted by Gasteiger charge is -2.22. The maximum absolute atomic E-state index is 10.9. The first-order valence-corrected chi connectivity index (χ1v) is 10.1. The van der Waals surface area contributed by atoms with E-state index in [0.29, 0.717) is 0 Å². The van der Waals surface area contributed by atoms with Crippen molar-refractivity contribution < 1.29 is 9.90 Å². The standard InChI is InChI=1S/C20H41NO2/c1-3-5-7-9-11-13-15-17-21(19-20(22)23)18-16-14-12-10-8-6-4-2/h3-19H2,1-2H3,(H,22,23)/p-1. The number of nitrogens with zero attached hydrogens (tertiary/aromatic N) is 1. The lowest BCUT2D eigenvalue weighted by atomic mass is 10.1. The van der Waals surface area contributed by atoms with Gasteiger partial charge in [-0.05, 0) is 25.9 Å². The Balaban J connectivity index is 3.62. The first kappa shape index (κ1) is 22.4. The summed E-state index contributed by atoms with van der Waals surface area (Å²) in [4.78, 5) is 12.9. The fraction of sp³-hybridized carbons (Fsp3) is 0.950. The predicted molar refractivity (Wildman–Crippen MR) is 97.4 cm³/mol. The van der Waals surface area contributed by atoms with Crippen molar-refractivity contribution in [3.63, 3.8) is 0 Å². The van der Waals surface area contributed by atoms with E-state index in [1.165, 1.54) is 77.0 Å². The average Bonchev–Trinajstić information content (AvgIpc) is 2.52. The minimum absolute atomic E-state index is 0.103. The zero-order valence-corrected chi connectivity index (χ0v) is 15.8. The second kappa shape index (κ2) is 17.8. The number of carbonyl (C=O) groups is 1. The highest BCUT2D eigenvalue weighted by Gasteiger charge is 2.05. The molecule has 0 spiro atoms. The smallest absolute Gasteiger partial charge is 0.0555 e. The van der Waals surface area contributed by atoms with Crippen molar-refractivity contribution in [2.75, 3.05) is 19.6 Å². The number of carboxylic acid groups (broad SMARTS) is 1. The van der Waals surface area contributed by atoms with Crippen molar-refractivity contribution in [1.29, 1.82) is 0 Å². The molecule has 0 N–H and O–H groups in total. The molecule has 0 atom stereocenters. The molecule has 0 heterocycles. The van der Waals surface area contributed by atoms with Gasteiger partial charge >= 0.3 is 0 Å². The van der Waals surface area contributed by atoms with Crippen molar-refractivity contribution in [3.8, 4) is 0 Å². The molecule has 0 aliphatic rings. The summed E-state index contributed by atoms with van der Waals surface area (Å²) in [5, 5.41) is 10.9. The number of rotatable bonds is 18. The van der Waals surface area contributed by atoms with E-state index in [2.05, 4.69) is 18.7 Å². The van der Waals surface area contributed by atoms with Crippen LogP contribution in [0, 0.1) is 0 Å². The van der Waals surface area contributed by atoms with Gasteiger partial charge < -0.3 is 9.90 Å². The second-order valence-electron chi connectivity index (χ2n) is 6.89. The zero-order chi connectivity index (χ0) is 17.2. The molecule has 0 unspecified atom stereocenters. The van der Waals surface area contributed by atoms with Crippen molar-refractivity contribution in [3.05, 3.63) is 0 Å². The van der Waals surface area contributed by atoms with Gasteiger partial charge in [0.25, 0.3) is 0 Å². The minimum atomic E-state index is -0.934. The van der Waals surface area contributed by atoms with Gasteiger partial charge in [-0.25, -0.2) is 0 Å². The van der Waals surface area contributed by atoms with Gasteiger partial charge in [0.05, 0.1) is 5.97 Å². The van der Waals surface area contributed by atoms with Crippen LogP contribution in [0.25, 0.3) is 0 Å². The van der Waals surface area contributed by atoms with E-state index in [1.807, 2.05) is 0 Å². The number of unbranched alkanes of at least 4 members (excludes halogenated alkanes) is 12. The Morgan fingerprint density at radius 3 is 1.35 bits per heavy atom. The van der Waals surface area contributed by atoms with Gasteiger partial charge in [0.15, 0.2) is 0 Å². The zero-order valence-electron chi connectivity index (χ0n) is 15.8. The Kier molecular flexibility index (Phi) is 17.3. The molecule has 3 heteroatoms. The third kappa shape index (κ3) is 17.6. The number of carboxylic acids is 1. The van der Waals surface area contributed by atoms with Crippen LogP contribution >= 0.6 is 0 Å². The van der Waals surface area contributed by atoms with Crippen LogP contribution in [0.5, 0.6) is 0 Å². The second-order valence-corrected chi connectivity index (χ2v) is 6.89. The minimum Gasteiger partial charge on any atom is -0.549 e. The van der Waals surface area contributed by atoms with Crippen LogP contribution in [0.3, 0.4) is 0 Å². The monoisotopic (exact) mass is 326 g/mol. The van der Waals surface area contributed by atoms with Crippen LogP contribution in [0.4, 0.5) is 0 Å². The van der Waals surface area contributed by atoms with Crippen molar-refractivity contribution >= 4 is 5.97 Å². The van der Waals surface area contributed by atoms with Gasteiger partial charge in [0.1, 0.15) is 0 Å². The molecule has 0 fully saturated rings. The Morgan fingerprint density at radius 1 is 0.652 bits per heavy atom. The largest absolute Gasteiger partial charge is 0.549 e. The van der Waals surface area contributed by atoms with E-state index in [0.717, 1.165) is 25.9 Å². The van der Waals surface area contributed by atoms with Crippen LogP contribution in [-0.4, -0.2) is 30.5 Å². The van der Waals surface area contributed by atoms with Crippen molar-refractivity contribution in [1.82, 2.24) is 4.90 Å². The summed E-state index contributed by atoms with van der Waals surface area (Å²) in [5.41, 5.74) is 0. The number of hydrogen-bond acceptors (Lipinski definition) is 3. The summed E-state index contributed by atoms with van der Waals surface area (Å²) in [6, 6.07) is 0. The summed E-state index contributed by atoms with van der Waals surface area (Å²) in [5.74, 6) is -0.934. The van der Waals surface area contributed by atoms with E-state index in [4.69, 9.17) is 0 Å². The molecular formula is C20H40NO2-. The molecule has 23 heavy (non-hydrogen) atoms. The highest BCUT2D eigenvalue weighted by molar-refractivity contribution is 5.66. The summed E-state index contributed by atoms with van der Waals surface area (Å²) >= 11 is 0. The highest BCUT2D eigenvalue weighted by atomic mass is 16.4. The average molecular weight is 327 g/mol. The maximum Gasteiger partial charge on any atom is 0.0555 e. The third-order valence-electron chi connectivity index (χ3n) is 4.51. The maximum atomic E-state index is 10.9. The molecule has 0 bridgehead atoms. The molecule has 0 aromatic heterocycles. The van der Waals surface area contributed by atoms with E-state index in [-0.39, 0.29) is 6.54 Å². The molecular weight excluding hydrogens is 286 g/mol. The van der Waals surface area contributed by atoms with Crippen molar-refractivity contribution in [2.45, 2.75) is 104 Å². The van der Waals surface area contributed by atoms with E-state index >= 15 is 0 Å². The Labute approximate surface area is 144 Å². The Hall–Kier alpha value is -0.570. The number of aliphatic carboxylic acids is 1. The highest BCUT2D eigenvalue weighted by Crippen LogP contribution is 2.10. The predicted octanol–water partition coefficient (Wildman–Crippen LogP) is 4.54. The van der Waals surface area contributed by atoms with E-state index < -0.39 is 5.97 Å². The molecule has 138 valence electrons. The Morgan fingerprint density at radius 2 is 1.00 bits per heavy atom. The quantitative estimate of drug-likeness (QED) is 0.347. The number of hydrogen-bond donors (Lipinski definition) is 0. The third-order valence-corrected chi connectivity index (χ3v) is 4.51. The van der Waals surface area contributed by atoms with Gasteiger partial charge in [0.2, 0.25) is 0 Å². The van der Waals surface area contributed by atoms with Gasteiger partial charge in [-0.15, -0.1) is 0 Å². The van der Waals surface area contributed by atoms with E-state index in [9.17, 15) is 9.90 Å². The van der Waals surface area contributed by atoms with Gasteiger partial charge in [-0.1, -0.05) is 90.9 Å². The van der Waals surface area contributed by atoms with Crippen molar-refractivity contribution in [2.24, 2.45) is 0 Å². The molecule has 0 aromatic rings. The van der Waals surface area contributed by atoms with Crippen LogP contribution in [0.15, 0.2) is 0 Å². The van der Waals surface area contributed by atoms with Gasteiger partial charge in [-0.2, -0.15) is 0 Å². The van der Waals surface area contributed by atoms with Gasteiger partial charge in [0, 0.05) is 6.54 Å². The van der Waals surface area contributed by atoms with E-state index in [1.54, 1.807) is 0 Å². The van der Waals surface area contributed by atoms with Crippen LogP contribution in [0.1, 0.15) is 104 Å². The molecule has 0 radical (unpaired) electrons. The SMILES string of the molecule is CCCCCCCCCN(CCCCCCCCC)CC(=O)[O-]. The van der Waals surface area contributed by atoms with Crippen LogP contribution < -0.4 is 5.11 Å². The normalized spacial score (nSPS) is 11.3. The molecule has 0 saturated heterocycles. The molecule has 3 nitrogen and oxygen atoms in total. The summed E-state index contributed by atoms with van der Waals surface area (Å²) in [6.07, 6.45) is 17.9. The summed E-state index contributed by atoms with van der Waals surface area (Å²) in [6.45, 7) is 6.41. The molecule has 0 aliphatic heterocycles. The van der Waals surface area contributed by atoms with Crippen LogP contribution in [0.2, 0.25) is 0 Å². The molecule has 0 aliphatic carbocycles. The van der Waals surface area contributed by atoms with Gasteiger partial charge in [-0.3, -0.25) is 4.90 Å². The molecule has 0 rings (SSSR count). The number of carbonyl (C=O) groups excluding carboxylic acids is 1. The fourth-order valence-electron chi connectivity index (χ4n) is 3.04. The molecule has 0 aromatic carbocycles. The summed E-state index contributed by atoms with van der Waals surface area (Å²) < 4.78 is 0. The van der Waals surface area contributed by atoms with Crippen LogP contribution in [-0.2, 0) is 4.79 Å². The molecule has 0 saturated carbocycles. The summed E-state index contributed by atoms with van der Waals surface area (Å²) in [7, 11) is 0. The lowest BCUT2D eigenvalue weighted by Crippen LogP contribution is -2.39. The Bertz CT molecular complexity index is 238.